The Kier molecular flexibility index (Phi) is 12.1. The van der Waals surface area contributed by atoms with E-state index in [0.717, 1.165) is 18.8 Å². The number of hydrogen-bond donors (Lipinski definition) is 0. The van der Waals surface area contributed by atoms with Gasteiger partial charge in [-0.25, -0.2) is 0 Å². The van der Waals surface area contributed by atoms with Gasteiger partial charge in [-0.05, 0) is 50.4 Å². The highest BCUT2D eigenvalue weighted by atomic mass is 16.7. The van der Waals surface area contributed by atoms with Gasteiger partial charge in [0.2, 0.25) is 0 Å². The largest absolute Gasteiger partial charge is 0.382 e. The average Bonchev–Trinajstić information content (AvgIpc) is 3.49. The van der Waals surface area contributed by atoms with E-state index in [2.05, 4.69) is 20.8 Å². The second-order valence-corrected chi connectivity index (χ2v) is 9.68. The third-order valence-corrected chi connectivity index (χ3v) is 7.21. The van der Waals surface area contributed by atoms with Crippen LogP contribution in [0.1, 0.15) is 104 Å². The van der Waals surface area contributed by atoms with E-state index in [-0.39, 0.29) is 5.60 Å². The molecule has 1 aliphatic carbocycles. The predicted octanol–water partition coefficient (Wildman–Crippen LogP) is 6.51. The summed E-state index contributed by atoms with van der Waals surface area (Å²) >= 11 is 0. The molecule has 1 aliphatic heterocycles. The summed E-state index contributed by atoms with van der Waals surface area (Å²) in [4.78, 5) is 0. The molecule has 172 valence electrons. The summed E-state index contributed by atoms with van der Waals surface area (Å²) in [7, 11) is 1.71. The van der Waals surface area contributed by atoms with Crippen molar-refractivity contribution < 1.29 is 18.9 Å². The molecule has 0 aromatic heterocycles. The fourth-order valence-electron chi connectivity index (χ4n) is 4.95. The van der Waals surface area contributed by atoms with E-state index in [4.69, 9.17) is 18.9 Å². The standard InChI is InChI=1S/C25H48O4/c1-5-6-7-8-9-10-11-15-25(21(2)3,28-20-27-18-17-26-4)16-14-22-12-13-23-24(19-22)29-23/h21-24H,5-20H2,1-4H3. The zero-order valence-electron chi connectivity index (χ0n) is 19.8. The van der Waals surface area contributed by atoms with Crippen molar-refractivity contribution in [3.63, 3.8) is 0 Å². The fourth-order valence-corrected chi connectivity index (χ4v) is 4.95. The molecule has 4 unspecified atom stereocenters. The normalized spacial score (nSPS) is 25.8. The van der Waals surface area contributed by atoms with Crippen molar-refractivity contribution in [1.82, 2.24) is 0 Å². The molecule has 4 heteroatoms. The number of unbranched alkanes of at least 4 members (excludes halogenated alkanes) is 6. The molecule has 2 fully saturated rings. The molecule has 4 nitrogen and oxygen atoms in total. The number of ether oxygens (including phenoxy) is 4. The lowest BCUT2D eigenvalue weighted by Gasteiger charge is -2.39. The van der Waals surface area contributed by atoms with Gasteiger partial charge in [-0.3, -0.25) is 0 Å². The quantitative estimate of drug-likeness (QED) is 0.146. The van der Waals surface area contributed by atoms with Crippen LogP contribution in [0.2, 0.25) is 0 Å². The van der Waals surface area contributed by atoms with Crippen LogP contribution in [0, 0.1) is 11.8 Å². The maximum Gasteiger partial charge on any atom is 0.147 e. The van der Waals surface area contributed by atoms with Crippen LogP contribution in [0.3, 0.4) is 0 Å². The van der Waals surface area contributed by atoms with Crippen LogP contribution in [-0.2, 0) is 18.9 Å². The van der Waals surface area contributed by atoms with E-state index in [1.54, 1.807) is 7.11 Å². The Labute approximate surface area is 180 Å². The first-order valence-electron chi connectivity index (χ1n) is 12.5. The zero-order chi connectivity index (χ0) is 21.0. The number of rotatable bonds is 18. The van der Waals surface area contributed by atoms with Gasteiger partial charge in [0, 0.05) is 7.11 Å². The van der Waals surface area contributed by atoms with E-state index in [9.17, 15) is 0 Å². The number of epoxide rings is 1. The molecule has 2 aliphatic rings. The summed E-state index contributed by atoms with van der Waals surface area (Å²) in [5.41, 5.74) is -0.0578. The lowest BCUT2D eigenvalue weighted by Crippen LogP contribution is -2.40. The molecular formula is C25H48O4. The van der Waals surface area contributed by atoms with Crippen molar-refractivity contribution in [2.75, 3.05) is 27.1 Å². The van der Waals surface area contributed by atoms with Gasteiger partial charge in [0.1, 0.15) is 6.79 Å². The molecule has 4 atom stereocenters. The Morgan fingerprint density at radius 2 is 1.69 bits per heavy atom. The Morgan fingerprint density at radius 1 is 0.931 bits per heavy atom. The second-order valence-electron chi connectivity index (χ2n) is 9.68. The van der Waals surface area contributed by atoms with Gasteiger partial charge in [0.25, 0.3) is 0 Å². The van der Waals surface area contributed by atoms with Crippen molar-refractivity contribution >= 4 is 0 Å². The van der Waals surface area contributed by atoms with Crippen molar-refractivity contribution in [1.29, 1.82) is 0 Å². The van der Waals surface area contributed by atoms with Gasteiger partial charge in [0.05, 0.1) is 31.0 Å². The van der Waals surface area contributed by atoms with Crippen LogP contribution in [-0.4, -0.2) is 44.9 Å². The Balaban J connectivity index is 1.80. The van der Waals surface area contributed by atoms with Crippen molar-refractivity contribution in [3.8, 4) is 0 Å². The van der Waals surface area contributed by atoms with Crippen molar-refractivity contribution in [2.45, 2.75) is 122 Å². The van der Waals surface area contributed by atoms with Crippen LogP contribution in [0.4, 0.5) is 0 Å². The van der Waals surface area contributed by atoms with Crippen LogP contribution >= 0.6 is 0 Å². The third-order valence-electron chi connectivity index (χ3n) is 7.21. The van der Waals surface area contributed by atoms with E-state index in [1.165, 1.54) is 70.6 Å². The summed E-state index contributed by atoms with van der Waals surface area (Å²) in [5.74, 6) is 1.31. The highest BCUT2D eigenvalue weighted by Crippen LogP contribution is 2.43. The Hall–Kier alpha value is -0.160. The molecule has 0 amide bonds. The average molecular weight is 413 g/mol. The summed E-state index contributed by atoms with van der Waals surface area (Å²) in [5, 5.41) is 0. The monoisotopic (exact) mass is 412 g/mol. The first kappa shape index (κ1) is 25.1. The minimum absolute atomic E-state index is 0.0578. The lowest BCUT2D eigenvalue weighted by molar-refractivity contribution is -0.173. The molecule has 29 heavy (non-hydrogen) atoms. The first-order valence-corrected chi connectivity index (χ1v) is 12.5. The summed E-state index contributed by atoms with van der Waals surface area (Å²) in [6, 6.07) is 0. The topological polar surface area (TPSA) is 40.2 Å². The number of fused-ring (bicyclic) bond motifs is 1. The molecule has 0 spiro atoms. The van der Waals surface area contributed by atoms with Gasteiger partial charge in [-0.1, -0.05) is 65.7 Å². The minimum Gasteiger partial charge on any atom is -0.382 e. The van der Waals surface area contributed by atoms with Crippen molar-refractivity contribution in [3.05, 3.63) is 0 Å². The van der Waals surface area contributed by atoms with E-state index >= 15 is 0 Å². The molecule has 0 bridgehead atoms. The van der Waals surface area contributed by atoms with E-state index in [0.29, 0.717) is 38.1 Å². The Morgan fingerprint density at radius 3 is 2.38 bits per heavy atom. The van der Waals surface area contributed by atoms with Gasteiger partial charge in [-0.15, -0.1) is 0 Å². The van der Waals surface area contributed by atoms with Crippen LogP contribution in [0.5, 0.6) is 0 Å². The molecule has 0 radical (unpaired) electrons. The highest BCUT2D eigenvalue weighted by molar-refractivity contribution is 4.93. The maximum atomic E-state index is 6.50. The van der Waals surface area contributed by atoms with Gasteiger partial charge >= 0.3 is 0 Å². The lowest BCUT2D eigenvalue weighted by atomic mass is 9.77. The summed E-state index contributed by atoms with van der Waals surface area (Å²) in [6.45, 7) is 8.56. The summed E-state index contributed by atoms with van der Waals surface area (Å²) in [6.07, 6.45) is 18.0. The molecule has 0 N–H and O–H groups in total. The van der Waals surface area contributed by atoms with Gasteiger partial charge in [0.15, 0.2) is 0 Å². The molecular weight excluding hydrogens is 364 g/mol. The third kappa shape index (κ3) is 9.25. The molecule has 1 heterocycles. The number of methoxy groups -OCH3 is 1. The fraction of sp³-hybridized carbons (Fsp3) is 1.00. The molecule has 1 saturated heterocycles. The van der Waals surface area contributed by atoms with Crippen LogP contribution in [0.25, 0.3) is 0 Å². The molecule has 0 aromatic carbocycles. The maximum absolute atomic E-state index is 6.50. The SMILES string of the molecule is CCCCCCCCCC(CCC1CCC2OC2C1)(OCOCCOC)C(C)C. The predicted molar refractivity (Wildman–Crippen MR) is 119 cm³/mol. The van der Waals surface area contributed by atoms with Gasteiger partial charge < -0.3 is 18.9 Å². The van der Waals surface area contributed by atoms with Crippen LogP contribution < -0.4 is 0 Å². The molecule has 2 rings (SSSR count). The first-order chi connectivity index (χ1) is 14.1. The highest BCUT2D eigenvalue weighted by Gasteiger charge is 2.44. The Bertz CT molecular complexity index is 414. The molecule has 0 aromatic rings. The van der Waals surface area contributed by atoms with Crippen LogP contribution in [0.15, 0.2) is 0 Å². The van der Waals surface area contributed by atoms with Gasteiger partial charge in [-0.2, -0.15) is 0 Å². The molecule has 1 saturated carbocycles. The van der Waals surface area contributed by atoms with E-state index < -0.39 is 0 Å². The smallest absolute Gasteiger partial charge is 0.147 e. The zero-order valence-corrected chi connectivity index (χ0v) is 19.8. The van der Waals surface area contributed by atoms with E-state index in [1.807, 2.05) is 0 Å². The summed E-state index contributed by atoms with van der Waals surface area (Å²) < 4.78 is 23.0. The second kappa shape index (κ2) is 14.0. The van der Waals surface area contributed by atoms with Crippen molar-refractivity contribution in [2.24, 2.45) is 11.8 Å². The minimum atomic E-state index is -0.0578. The number of hydrogen-bond acceptors (Lipinski definition) is 4.